The van der Waals surface area contributed by atoms with E-state index >= 15 is 0 Å². The Labute approximate surface area is 120 Å². The van der Waals surface area contributed by atoms with Crippen molar-refractivity contribution in [1.82, 2.24) is 0 Å². The third kappa shape index (κ3) is 2.39. The van der Waals surface area contributed by atoms with Crippen molar-refractivity contribution >= 4 is 5.57 Å². The summed E-state index contributed by atoms with van der Waals surface area (Å²) in [5, 5.41) is 0. The fraction of sp³-hybridized carbons (Fsp3) is 0.158. The number of rotatable bonds is 2. The molecule has 2 atom stereocenters. The van der Waals surface area contributed by atoms with Crippen LogP contribution in [0.15, 0.2) is 78.5 Å². The Morgan fingerprint density at radius 1 is 0.850 bits per heavy atom. The van der Waals surface area contributed by atoms with Gasteiger partial charge in [-0.2, -0.15) is 0 Å². The minimum Gasteiger partial charge on any atom is -0.399 e. The molecular formula is C19H19N. The minimum absolute atomic E-state index is 0.344. The van der Waals surface area contributed by atoms with E-state index < -0.39 is 0 Å². The lowest BCUT2D eigenvalue weighted by Crippen LogP contribution is -2.16. The summed E-state index contributed by atoms with van der Waals surface area (Å²) in [6.45, 7) is 2.28. The lowest BCUT2D eigenvalue weighted by molar-refractivity contribution is 0.648. The summed E-state index contributed by atoms with van der Waals surface area (Å²) in [4.78, 5) is 0. The third-order valence-corrected chi connectivity index (χ3v) is 4.02. The zero-order valence-corrected chi connectivity index (χ0v) is 11.7. The first-order valence-electron chi connectivity index (χ1n) is 7.05. The van der Waals surface area contributed by atoms with E-state index in [-0.39, 0.29) is 0 Å². The molecule has 2 aromatic rings. The standard InChI is InChI=1S/C19H19N/c1-14-18(15-8-4-2-5-9-15)12-17(20)13-19(14)16-10-6-3-7-11-16/h2-14,18H,20H2,1H3. The number of hydrogen-bond donors (Lipinski definition) is 1. The van der Waals surface area contributed by atoms with Gasteiger partial charge in [-0.25, -0.2) is 0 Å². The highest BCUT2D eigenvalue weighted by molar-refractivity contribution is 5.72. The molecule has 0 fully saturated rings. The van der Waals surface area contributed by atoms with Gasteiger partial charge < -0.3 is 5.73 Å². The van der Waals surface area contributed by atoms with E-state index in [1.807, 2.05) is 6.07 Å². The zero-order chi connectivity index (χ0) is 13.9. The summed E-state index contributed by atoms with van der Waals surface area (Å²) in [6, 6.07) is 21.1. The summed E-state index contributed by atoms with van der Waals surface area (Å²) in [5.41, 5.74) is 10.9. The second-order valence-electron chi connectivity index (χ2n) is 5.36. The molecule has 20 heavy (non-hydrogen) atoms. The van der Waals surface area contributed by atoms with E-state index in [4.69, 9.17) is 5.73 Å². The van der Waals surface area contributed by atoms with Crippen LogP contribution in [0.4, 0.5) is 0 Å². The Kier molecular flexibility index (Phi) is 3.42. The van der Waals surface area contributed by atoms with Crippen LogP contribution in [0.2, 0.25) is 0 Å². The Balaban J connectivity index is 2.01. The van der Waals surface area contributed by atoms with Gasteiger partial charge in [0.05, 0.1) is 0 Å². The van der Waals surface area contributed by atoms with Crippen molar-refractivity contribution in [2.24, 2.45) is 11.7 Å². The summed E-state index contributed by atoms with van der Waals surface area (Å²) in [5.74, 6) is 0.767. The van der Waals surface area contributed by atoms with Crippen LogP contribution in [0.3, 0.4) is 0 Å². The molecule has 1 heteroatoms. The summed E-state index contributed by atoms with van der Waals surface area (Å²) in [7, 11) is 0. The first-order chi connectivity index (χ1) is 9.75. The highest BCUT2D eigenvalue weighted by Crippen LogP contribution is 2.39. The fourth-order valence-electron chi connectivity index (χ4n) is 2.94. The SMILES string of the molecule is CC1C(c2ccccc2)=CC(N)=CC1c1ccccc1. The van der Waals surface area contributed by atoms with E-state index in [0.717, 1.165) is 5.70 Å². The van der Waals surface area contributed by atoms with Crippen molar-refractivity contribution in [3.63, 3.8) is 0 Å². The van der Waals surface area contributed by atoms with Crippen molar-refractivity contribution in [3.05, 3.63) is 89.6 Å². The van der Waals surface area contributed by atoms with Gasteiger partial charge >= 0.3 is 0 Å². The van der Waals surface area contributed by atoms with Gasteiger partial charge in [0.15, 0.2) is 0 Å². The number of allylic oxidation sites excluding steroid dienone is 3. The monoisotopic (exact) mass is 261 g/mol. The van der Waals surface area contributed by atoms with E-state index in [1.165, 1.54) is 16.7 Å². The quantitative estimate of drug-likeness (QED) is 0.854. The molecule has 3 rings (SSSR count). The second-order valence-corrected chi connectivity index (χ2v) is 5.36. The topological polar surface area (TPSA) is 26.0 Å². The Hall–Kier alpha value is -2.28. The van der Waals surface area contributed by atoms with Crippen molar-refractivity contribution in [1.29, 1.82) is 0 Å². The summed E-state index contributed by atoms with van der Waals surface area (Å²) in [6.07, 6.45) is 4.28. The second kappa shape index (κ2) is 5.38. The van der Waals surface area contributed by atoms with Crippen molar-refractivity contribution in [2.45, 2.75) is 12.8 Å². The van der Waals surface area contributed by atoms with Gasteiger partial charge in [-0.05, 0) is 28.7 Å². The average molecular weight is 261 g/mol. The Morgan fingerprint density at radius 2 is 1.45 bits per heavy atom. The van der Waals surface area contributed by atoms with Gasteiger partial charge in [0.1, 0.15) is 0 Å². The molecule has 0 aliphatic heterocycles. The highest BCUT2D eigenvalue weighted by Gasteiger charge is 2.25. The average Bonchev–Trinajstić information content (AvgIpc) is 2.51. The number of benzene rings is 2. The molecule has 0 saturated heterocycles. The van der Waals surface area contributed by atoms with Gasteiger partial charge in [-0.3, -0.25) is 0 Å². The molecule has 0 bridgehead atoms. The lowest BCUT2D eigenvalue weighted by Gasteiger charge is -2.28. The normalized spacial score (nSPS) is 22.1. The van der Waals surface area contributed by atoms with Gasteiger partial charge in [0.25, 0.3) is 0 Å². The molecule has 0 heterocycles. The van der Waals surface area contributed by atoms with E-state index in [0.29, 0.717) is 11.8 Å². The van der Waals surface area contributed by atoms with E-state index in [9.17, 15) is 0 Å². The van der Waals surface area contributed by atoms with Crippen molar-refractivity contribution in [3.8, 4) is 0 Å². The van der Waals surface area contributed by atoms with Gasteiger partial charge in [0, 0.05) is 11.6 Å². The molecule has 2 unspecified atom stereocenters. The predicted octanol–water partition coefficient (Wildman–Crippen LogP) is 4.35. The van der Waals surface area contributed by atoms with E-state index in [2.05, 4.69) is 73.7 Å². The minimum atomic E-state index is 0.344. The first-order valence-corrected chi connectivity index (χ1v) is 7.05. The van der Waals surface area contributed by atoms with Gasteiger partial charge in [0.2, 0.25) is 0 Å². The molecule has 2 aromatic carbocycles. The zero-order valence-electron chi connectivity index (χ0n) is 11.7. The van der Waals surface area contributed by atoms with Gasteiger partial charge in [-0.1, -0.05) is 73.7 Å². The van der Waals surface area contributed by atoms with Crippen LogP contribution in [-0.2, 0) is 0 Å². The molecule has 0 spiro atoms. The van der Waals surface area contributed by atoms with Crippen LogP contribution in [0.5, 0.6) is 0 Å². The molecule has 1 aliphatic rings. The Bertz CT molecular complexity index is 638. The molecule has 2 N–H and O–H groups in total. The maximum Gasteiger partial charge on any atom is 0.0282 e. The van der Waals surface area contributed by atoms with Crippen LogP contribution in [0.25, 0.3) is 5.57 Å². The maximum atomic E-state index is 6.14. The summed E-state index contributed by atoms with van der Waals surface area (Å²) >= 11 is 0. The van der Waals surface area contributed by atoms with Crippen LogP contribution >= 0.6 is 0 Å². The molecule has 1 nitrogen and oxygen atoms in total. The fourth-order valence-corrected chi connectivity index (χ4v) is 2.94. The van der Waals surface area contributed by atoms with E-state index in [1.54, 1.807) is 0 Å². The molecule has 0 amide bonds. The smallest absolute Gasteiger partial charge is 0.0282 e. The molecule has 0 aromatic heterocycles. The first kappa shape index (κ1) is 12.7. The predicted molar refractivity (Wildman–Crippen MR) is 85.0 cm³/mol. The lowest BCUT2D eigenvalue weighted by atomic mass is 9.76. The molecule has 1 aliphatic carbocycles. The summed E-state index contributed by atoms with van der Waals surface area (Å²) < 4.78 is 0. The van der Waals surface area contributed by atoms with Crippen LogP contribution in [0.1, 0.15) is 24.0 Å². The number of hydrogen-bond acceptors (Lipinski definition) is 1. The molecule has 0 radical (unpaired) electrons. The van der Waals surface area contributed by atoms with Crippen LogP contribution < -0.4 is 5.73 Å². The van der Waals surface area contributed by atoms with Crippen molar-refractivity contribution in [2.75, 3.05) is 0 Å². The Morgan fingerprint density at radius 3 is 2.10 bits per heavy atom. The van der Waals surface area contributed by atoms with Crippen molar-refractivity contribution < 1.29 is 0 Å². The maximum absolute atomic E-state index is 6.14. The molecular weight excluding hydrogens is 242 g/mol. The largest absolute Gasteiger partial charge is 0.399 e. The third-order valence-electron chi connectivity index (χ3n) is 4.02. The molecule has 100 valence electrons. The van der Waals surface area contributed by atoms with Crippen LogP contribution in [-0.4, -0.2) is 0 Å². The van der Waals surface area contributed by atoms with Gasteiger partial charge in [-0.15, -0.1) is 0 Å². The highest BCUT2D eigenvalue weighted by atomic mass is 14.6. The molecule has 0 saturated carbocycles. The number of nitrogens with two attached hydrogens (primary N) is 1. The van der Waals surface area contributed by atoms with Crippen LogP contribution in [0, 0.1) is 5.92 Å².